The van der Waals surface area contributed by atoms with Gasteiger partial charge < -0.3 is 14.2 Å². The van der Waals surface area contributed by atoms with Gasteiger partial charge in [0.1, 0.15) is 17.3 Å². The molecule has 0 N–H and O–H groups in total. The summed E-state index contributed by atoms with van der Waals surface area (Å²) in [6.45, 7) is 0.696. The van der Waals surface area contributed by atoms with E-state index in [1.165, 1.54) is 12.1 Å². The van der Waals surface area contributed by atoms with E-state index >= 15 is 0 Å². The van der Waals surface area contributed by atoms with E-state index in [0.29, 0.717) is 24.3 Å². The number of halogens is 2. The maximum absolute atomic E-state index is 13.7. The molecular formula is C22H24F2N2O3. The van der Waals surface area contributed by atoms with Crippen LogP contribution in [0.5, 0.6) is 0 Å². The lowest BCUT2D eigenvalue weighted by atomic mass is 9.99. The molecule has 0 radical (unpaired) electrons. The number of ether oxygens (including phenoxy) is 3. The summed E-state index contributed by atoms with van der Waals surface area (Å²) in [6.07, 6.45) is 2.53. The lowest BCUT2D eigenvalue weighted by molar-refractivity contribution is -0.109. The first-order chi connectivity index (χ1) is 14.1. The summed E-state index contributed by atoms with van der Waals surface area (Å²) < 4.78 is 46.2. The van der Waals surface area contributed by atoms with Crippen LogP contribution in [0.15, 0.2) is 36.4 Å². The fourth-order valence-electron chi connectivity index (χ4n) is 3.99. The fourth-order valence-corrected chi connectivity index (χ4v) is 3.99. The van der Waals surface area contributed by atoms with E-state index in [-0.39, 0.29) is 6.23 Å². The van der Waals surface area contributed by atoms with Crippen LogP contribution in [0.3, 0.4) is 0 Å². The molecule has 2 heterocycles. The predicted molar refractivity (Wildman–Crippen MR) is 104 cm³/mol. The van der Waals surface area contributed by atoms with Crippen LogP contribution in [-0.2, 0) is 20.6 Å². The number of aromatic nitrogens is 2. The molecule has 0 aliphatic carbocycles. The van der Waals surface area contributed by atoms with E-state index < -0.39 is 17.9 Å². The minimum atomic E-state index is -0.660. The third kappa shape index (κ3) is 4.03. The minimum absolute atomic E-state index is 0.156. The van der Waals surface area contributed by atoms with Crippen molar-refractivity contribution in [2.75, 3.05) is 20.8 Å². The van der Waals surface area contributed by atoms with E-state index in [1.807, 2.05) is 22.9 Å². The van der Waals surface area contributed by atoms with Gasteiger partial charge in [-0.1, -0.05) is 12.1 Å². The fraction of sp³-hybridized carbons (Fsp3) is 0.409. The van der Waals surface area contributed by atoms with Gasteiger partial charge in [-0.15, -0.1) is 0 Å². The molecule has 1 unspecified atom stereocenters. The summed E-state index contributed by atoms with van der Waals surface area (Å²) in [4.78, 5) is 0. The van der Waals surface area contributed by atoms with Crippen LogP contribution in [0.2, 0.25) is 0 Å². The summed E-state index contributed by atoms with van der Waals surface area (Å²) in [6, 6.07) is 9.40. The van der Waals surface area contributed by atoms with Gasteiger partial charge in [-0.25, -0.2) is 13.5 Å². The molecule has 1 aliphatic rings. The number of benzene rings is 2. The molecule has 2 aromatic carbocycles. The number of hydrogen-bond acceptors (Lipinski definition) is 4. The average Bonchev–Trinajstić information content (AvgIpc) is 3.10. The molecule has 1 aromatic heterocycles. The van der Waals surface area contributed by atoms with Crippen LogP contribution < -0.4 is 0 Å². The van der Waals surface area contributed by atoms with E-state index in [0.717, 1.165) is 41.8 Å². The highest BCUT2D eigenvalue weighted by atomic mass is 19.1. The zero-order valence-corrected chi connectivity index (χ0v) is 16.5. The van der Waals surface area contributed by atoms with Crippen LogP contribution in [0, 0.1) is 11.6 Å². The van der Waals surface area contributed by atoms with Crippen molar-refractivity contribution in [2.45, 2.75) is 38.2 Å². The quantitative estimate of drug-likeness (QED) is 0.551. The molecule has 1 aliphatic heterocycles. The van der Waals surface area contributed by atoms with Crippen molar-refractivity contribution in [2.24, 2.45) is 0 Å². The highest BCUT2D eigenvalue weighted by molar-refractivity contribution is 5.86. The molecule has 29 heavy (non-hydrogen) atoms. The highest BCUT2D eigenvalue weighted by Gasteiger charge is 2.26. The first-order valence-corrected chi connectivity index (χ1v) is 9.73. The van der Waals surface area contributed by atoms with E-state index in [2.05, 4.69) is 0 Å². The molecule has 1 fully saturated rings. The predicted octanol–water partition coefficient (Wildman–Crippen LogP) is 4.90. The summed E-state index contributed by atoms with van der Waals surface area (Å²) in [5.41, 5.74) is 2.96. The van der Waals surface area contributed by atoms with Crippen LogP contribution in [0.1, 0.15) is 48.6 Å². The lowest BCUT2D eigenvalue weighted by Crippen LogP contribution is -2.19. The summed E-state index contributed by atoms with van der Waals surface area (Å²) in [7, 11) is 3.11. The Kier molecular flexibility index (Phi) is 5.89. The Labute approximate surface area is 168 Å². The minimum Gasteiger partial charge on any atom is -0.356 e. The number of fused-ring (bicyclic) bond motifs is 1. The highest BCUT2D eigenvalue weighted by Crippen LogP contribution is 2.34. The Bertz CT molecular complexity index is 975. The van der Waals surface area contributed by atoms with Gasteiger partial charge in [-0.3, -0.25) is 0 Å². The van der Waals surface area contributed by atoms with Gasteiger partial charge in [0.15, 0.2) is 6.23 Å². The molecule has 1 saturated heterocycles. The molecule has 0 bridgehead atoms. The molecule has 5 nitrogen and oxygen atoms in total. The average molecular weight is 402 g/mol. The van der Waals surface area contributed by atoms with Crippen LogP contribution in [0.4, 0.5) is 8.78 Å². The van der Waals surface area contributed by atoms with Gasteiger partial charge in [0.05, 0.1) is 5.52 Å². The molecule has 1 atom stereocenters. The topological polar surface area (TPSA) is 45.5 Å². The molecular weight excluding hydrogens is 378 g/mol. The molecule has 0 spiro atoms. The Balaban J connectivity index is 1.85. The molecule has 4 rings (SSSR count). The van der Waals surface area contributed by atoms with Crippen molar-refractivity contribution in [3.8, 4) is 0 Å². The second kappa shape index (κ2) is 8.57. The van der Waals surface area contributed by atoms with E-state index in [4.69, 9.17) is 19.3 Å². The molecule has 7 heteroatoms. The first-order valence-electron chi connectivity index (χ1n) is 9.73. The van der Waals surface area contributed by atoms with Crippen molar-refractivity contribution in [3.63, 3.8) is 0 Å². The van der Waals surface area contributed by atoms with Gasteiger partial charge in [-0.2, -0.15) is 5.10 Å². The largest absolute Gasteiger partial charge is 0.356 e. The van der Waals surface area contributed by atoms with Gasteiger partial charge in [0.2, 0.25) is 6.29 Å². The van der Waals surface area contributed by atoms with Crippen molar-refractivity contribution in [3.05, 3.63) is 64.9 Å². The first kappa shape index (κ1) is 19.9. The van der Waals surface area contributed by atoms with E-state index in [9.17, 15) is 8.78 Å². The van der Waals surface area contributed by atoms with Gasteiger partial charge in [0.25, 0.3) is 0 Å². The second-order valence-corrected chi connectivity index (χ2v) is 7.22. The van der Waals surface area contributed by atoms with Crippen molar-refractivity contribution >= 4 is 10.9 Å². The van der Waals surface area contributed by atoms with Gasteiger partial charge >= 0.3 is 0 Å². The second-order valence-electron chi connectivity index (χ2n) is 7.22. The molecule has 0 amide bonds. The third-order valence-corrected chi connectivity index (χ3v) is 5.24. The van der Waals surface area contributed by atoms with Gasteiger partial charge in [0, 0.05) is 32.3 Å². The Morgan fingerprint density at radius 2 is 1.90 bits per heavy atom. The van der Waals surface area contributed by atoms with Crippen molar-refractivity contribution < 1.29 is 23.0 Å². The van der Waals surface area contributed by atoms with Crippen molar-refractivity contribution in [1.82, 2.24) is 9.78 Å². The maximum Gasteiger partial charge on any atom is 0.203 e. The molecule has 0 saturated carbocycles. The summed E-state index contributed by atoms with van der Waals surface area (Å²) in [5.74, 6) is -1.18. The van der Waals surface area contributed by atoms with Crippen LogP contribution in [0.25, 0.3) is 10.9 Å². The lowest BCUT2D eigenvalue weighted by Gasteiger charge is -2.23. The van der Waals surface area contributed by atoms with Crippen LogP contribution >= 0.6 is 0 Å². The summed E-state index contributed by atoms with van der Waals surface area (Å²) >= 11 is 0. The standard InChI is InChI=1S/C22H24F2N2O3/c1-27-22(28-2)21-20-15(10-14-11-16(23)13-17(24)12-14)6-5-7-18(20)26(25-21)19-8-3-4-9-29-19/h5-7,11-13,19,22H,3-4,8-10H2,1-2H3. The molecule has 3 aromatic rings. The zero-order chi connectivity index (χ0) is 20.4. The number of rotatable bonds is 6. The Morgan fingerprint density at radius 1 is 1.14 bits per heavy atom. The molecule has 154 valence electrons. The normalized spacial score (nSPS) is 17.3. The number of methoxy groups -OCH3 is 2. The van der Waals surface area contributed by atoms with Crippen molar-refractivity contribution in [1.29, 1.82) is 0 Å². The number of hydrogen-bond donors (Lipinski definition) is 0. The SMILES string of the molecule is COC(OC)c1nn(C2CCCCO2)c2cccc(Cc3cc(F)cc(F)c3)c12. The smallest absolute Gasteiger partial charge is 0.203 e. The maximum atomic E-state index is 13.7. The zero-order valence-electron chi connectivity index (χ0n) is 16.5. The Hall–Kier alpha value is -2.35. The van der Waals surface area contributed by atoms with E-state index in [1.54, 1.807) is 14.2 Å². The number of nitrogens with zero attached hydrogens (tertiary/aromatic N) is 2. The van der Waals surface area contributed by atoms with Crippen LogP contribution in [-0.4, -0.2) is 30.6 Å². The summed E-state index contributed by atoms with van der Waals surface area (Å²) in [5, 5.41) is 5.65. The third-order valence-electron chi connectivity index (χ3n) is 5.24. The monoisotopic (exact) mass is 402 g/mol. The van der Waals surface area contributed by atoms with Gasteiger partial charge in [-0.05, 0) is 55.0 Å². The Morgan fingerprint density at radius 3 is 2.55 bits per heavy atom.